The summed E-state index contributed by atoms with van der Waals surface area (Å²) in [5.41, 5.74) is 0. The van der Waals surface area contributed by atoms with E-state index in [-0.39, 0.29) is 13.0 Å². The number of alkyl halides is 2. The minimum absolute atomic E-state index is 0.0567. The molecule has 0 saturated carbocycles. The van der Waals surface area contributed by atoms with E-state index in [0.717, 1.165) is 19.6 Å². The van der Waals surface area contributed by atoms with Crippen LogP contribution in [-0.4, -0.2) is 43.0 Å². The molecule has 0 unspecified atom stereocenters. The molecule has 0 aliphatic carbocycles. The van der Waals surface area contributed by atoms with E-state index >= 15 is 0 Å². The normalized spacial score (nSPS) is 22.9. The Morgan fingerprint density at radius 2 is 2.14 bits per heavy atom. The fourth-order valence-electron chi connectivity index (χ4n) is 1.75. The average molecular weight is 206 g/mol. The first-order valence-electron chi connectivity index (χ1n) is 5.33. The van der Waals surface area contributed by atoms with Gasteiger partial charge in [-0.3, -0.25) is 4.90 Å². The van der Waals surface area contributed by atoms with Crippen molar-refractivity contribution < 1.29 is 8.78 Å². The molecule has 0 atom stereocenters. The van der Waals surface area contributed by atoms with Gasteiger partial charge in [-0.1, -0.05) is 13.8 Å². The summed E-state index contributed by atoms with van der Waals surface area (Å²) in [6.45, 7) is 6.40. The van der Waals surface area contributed by atoms with Crippen LogP contribution in [0.2, 0.25) is 0 Å². The predicted octanol–water partition coefficient (Wildman–Crippen LogP) is 1.72. The SMILES string of the molecule is CC(C)NCCN1CCCC(F)(F)C1. The summed E-state index contributed by atoms with van der Waals surface area (Å²) in [4.78, 5) is 1.85. The summed E-state index contributed by atoms with van der Waals surface area (Å²) in [6, 6.07) is 0.431. The summed E-state index contributed by atoms with van der Waals surface area (Å²) >= 11 is 0. The minimum atomic E-state index is -2.46. The molecule has 2 nitrogen and oxygen atoms in total. The molecular weight excluding hydrogens is 186 g/mol. The van der Waals surface area contributed by atoms with Crippen molar-refractivity contribution in [1.29, 1.82) is 0 Å². The predicted molar refractivity (Wildman–Crippen MR) is 53.8 cm³/mol. The maximum Gasteiger partial charge on any atom is 0.260 e. The van der Waals surface area contributed by atoms with Crippen LogP contribution in [-0.2, 0) is 0 Å². The number of piperidine rings is 1. The molecular formula is C10H20F2N2. The largest absolute Gasteiger partial charge is 0.313 e. The second-order valence-electron chi connectivity index (χ2n) is 4.34. The van der Waals surface area contributed by atoms with E-state index in [1.807, 2.05) is 4.90 Å². The fourth-order valence-corrected chi connectivity index (χ4v) is 1.75. The van der Waals surface area contributed by atoms with Gasteiger partial charge in [0.25, 0.3) is 5.92 Å². The Kier molecular flexibility index (Phi) is 4.26. The van der Waals surface area contributed by atoms with Crippen LogP contribution in [0.4, 0.5) is 8.78 Å². The van der Waals surface area contributed by atoms with Gasteiger partial charge in [0, 0.05) is 25.6 Å². The second kappa shape index (κ2) is 5.03. The molecule has 0 amide bonds. The topological polar surface area (TPSA) is 15.3 Å². The number of nitrogens with one attached hydrogen (secondary N) is 1. The number of halogens is 2. The number of hydrogen-bond acceptors (Lipinski definition) is 2. The summed E-state index contributed by atoms with van der Waals surface area (Å²) in [5.74, 6) is -2.46. The lowest BCUT2D eigenvalue weighted by molar-refractivity contribution is -0.0634. The van der Waals surface area contributed by atoms with Crippen molar-refractivity contribution in [3.63, 3.8) is 0 Å². The van der Waals surface area contributed by atoms with Gasteiger partial charge in [-0.15, -0.1) is 0 Å². The summed E-state index contributed by atoms with van der Waals surface area (Å²) in [6.07, 6.45) is 0.676. The van der Waals surface area contributed by atoms with Crippen LogP contribution in [0.1, 0.15) is 26.7 Å². The van der Waals surface area contributed by atoms with Crippen molar-refractivity contribution in [3.8, 4) is 0 Å². The molecule has 1 heterocycles. The van der Waals surface area contributed by atoms with E-state index in [2.05, 4.69) is 19.2 Å². The monoisotopic (exact) mass is 206 g/mol. The van der Waals surface area contributed by atoms with Crippen molar-refractivity contribution >= 4 is 0 Å². The quantitative estimate of drug-likeness (QED) is 0.753. The van der Waals surface area contributed by atoms with Crippen molar-refractivity contribution in [2.24, 2.45) is 0 Å². The van der Waals surface area contributed by atoms with Crippen molar-refractivity contribution in [2.75, 3.05) is 26.2 Å². The molecule has 1 aliphatic heterocycles. The molecule has 0 spiro atoms. The van der Waals surface area contributed by atoms with Gasteiger partial charge in [0.2, 0.25) is 0 Å². The van der Waals surface area contributed by atoms with Gasteiger partial charge >= 0.3 is 0 Å². The van der Waals surface area contributed by atoms with E-state index < -0.39 is 5.92 Å². The minimum Gasteiger partial charge on any atom is -0.313 e. The molecule has 1 saturated heterocycles. The van der Waals surface area contributed by atoms with E-state index in [0.29, 0.717) is 12.5 Å². The molecule has 1 aliphatic rings. The van der Waals surface area contributed by atoms with E-state index in [9.17, 15) is 8.78 Å². The maximum atomic E-state index is 13.0. The first-order valence-corrected chi connectivity index (χ1v) is 5.33. The van der Waals surface area contributed by atoms with Crippen molar-refractivity contribution in [2.45, 2.75) is 38.7 Å². The molecule has 1 rings (SSSR count). The lowest BCUT2D eigenvalue weighted by Crippen LogP contribution is -2.45. The lowest BCUT2D eigenvalue weighted by atomic mass is 10.1. The third-order valence-corrected chi connectivity index (χ3v) is 2.45. The molecule has 14 heavy (non-hydrogen) atoms. The number of hydrogen-bond donors (Lipinski definition) is 1. The van der Waals surface area contributed by atoms with Crippen LogP contribution >= 0.6 is 0 Å². The van der Waals surface area contributed by atoms with Gasteiger partial charge in [-0.05, 0) is 13.0 Å². The molecule has 0 radical (unpaired) electrons. The van der Waals surface area contributed by atoms with Crippen molar-refractivity contribution in [1.82, 2.24) is 10.2 Å². The molecule has 84 valence electrons. The molecule has 1 fully saturated rings. The van der Waals surface area contributed by atoms with E-state index in [4.69, 9.17) is 0 Å². The molecule has 0 bridgehead atoms. The molecule has 4 heteroatoms. The second-order valence-corrected chi connectivity index (χ2v) is 4.34. The third-order valence-electron chi connectivity index (χ3n) is 2.45. The Bertz CT molecular complexity index is 172. The Balaban J connectivity index is 2.18. The van der Waals surface area contributed by atoms with Gasteiger partial charge < -0.3 is 5.32 Å². The van der Waals surface area contributed by atoms with Gasteiger partial charge in [0.05, 0.1) is 6.54 Å². The highest BCUT2D eigenvalue weighted by atomic mass is 19.3. The highest BCUT2D eigenvalue weighted by Crippen LogP contribution is 2.25. The first kappa shape index (κ1) is 11.9. The van der Waals surface area contributed by atoms with Crippen LogP contribution in [0.5, 0.6) is 0 Å². The fraction of sp³-hybridized carbons (Fsp3) is 1.00. The standard InChI is InChI=1S/C10H20F2N2/c1-9(2)13-5-7-14-6-3-4-10(11,12)8-14/h9,13H,3-8H2,1-2H3. The Labute approximate surface area is 84.7 Å². The molecule has 0 aromatic carbocycles. The zero-order valence-corrected chi connectivity index (χ0v) is 9.02. The zero-order chi connectivity index (χ0) is 10.6. The highest BCUT2D eigenvalue weighted by Gasteiger charge is 2.34. The third kappa shape index (κ3) is 4.33. The summed E-state index contributed by atoms with van der Waals surface area (Å²) in [7, 11) is 0. The first-order chi connectivity index (χ1) is 6.49. The van der Waals surface area contributed by atoms with Crippen molar-refractivity contribution in [3.05, 3.63) is 0 Å². The van der Waals surface area contributed by atoms with Crippen LogP contribution in [0.25, 0.3) is 0 Å². The molecule has 0 aromatic rings. The number of likely N-dealkylation sites (tertiary alicyclic amines) is 1. The number of nitrogens with zero attached hydrogens (tertiary/aromatic N) is 1. The summed E-state index contributed by atoms with van der Waals surface area (Å²) in [5, 5.41) is 3.23. The lowest BCUT2D eigenvalue weighted by Gasteiger charge is -2.32. The number of rotatable bonds is 4. The van der Waals surface area contributed by atoms with Gasteiger partial charge in [0.1, 0.15) is 0 Å². The van der Waals surface area contributed by atoms with Gasteiger partial charge in [-0.25, -0.2) is 8.78 Å². The Morgan fingerprint density at radius 1 is 1.43 bits per heavy atom. The average Bonchev–Trinajstić information content (AvgIpc) is 2.01. The Hall–Kier alpha value is -0.220. The highest BCUT2D eigenvalue weighted by molar-refractivity contribution is 4.78. The Morgan fingerprint density at radius 3 is 2.71 bits per heavy atom. The van der Waals surface area contributed by atoms with Crippen LogP contribution < -0.4 is 5.32 Å². The van der Waals surface area contributed by atoms with Crippen LogP contribution in [0.15, 0.2) is 0 Å². The smallest absolute Gasteiger partial charge is 0.260 e. The van der Waals surface area contributed by atoms with Crippen LogP contribution in [0, 0.1) is 0 Å². The van der Waals surface area contributed by atoms with E-state index in [1.165, 1.54) is 0 Å². The van der Waals surface area contributed by atoms with Crippen LogP contribution in [0.3, 0.4) is 0 Å². The molecule has 1 N–H and O–H groups in total. The van der Waals surface area contributed by atoms with Gasteiger partial charge in [0.15, 0.2) is 0 Å². The zero-order valence-electron chi connectivity index (χ0n) is 9.02. The van der Waals surface area contributed by atoms with E-state index in [1.54, 1.807) is 0 Å². The molecule has 0 aromatic heterocycles. The van der Waals surface area contributed by atoms with Gasteiger partial charge in [-0.2, -0.15) is 0 Å². The maximum absolute atomic E-state index is 13.0. The summed E-state index contributed by atoms with van der Waals surface area (Å²) < 4.78 is 26.0.